The summed E-state index contributed by atoms with van der Waals surface area (Å²) in [4.78, 5) is 24.9. The van der Waals surface area contributed by atoms with Crippen LogP contribution in [0.1, 0.15) is 20.7 Å². The Morgan fingerprint density at radius 1 is 0.769 bits per heavy atom. The van der Waals surface area contributed by atoms with Crippen LogP contribution in [0.5, 0.6) is 11.5 Å². The predicted octanol–water partition coefficient (Wildman–Crippen LogP) is -0.345. The SMILES string of the molecule is COc1cc(C(=O)Nn2cnnc2)c(OC)cc1C(=O)Nn1cnnc1. The first kappa shape index (κ1) is 16.9. The summed E-state index contributed by atoms with van der Waals surface area (Å²) in [6.45, 7) is 0. The molecule has 0 atom stereocenters. The summed E-state index contributed by atoms with van der Waals surface area (Å²) in [5.74, 6) is -0.619. The van der Waals surface area contributed by atoms with Gasteiger partial charge in [0.05, 0.1) is 25.3 Å². The monoisotopic (exact) mass is 358 g/mol. The summed E-state index contributed by atoms with van der Waals surface area (Å²) >= 11 is 0. The lowest BCUT2D eigenvalue weighted by atomic mass is 10.1. The van der Waals surface area contributed by atoms with Crippen molar-refractivity contribution in [2.75, 3.05) is 25.1 Å². The number of hydrogen-bond acceptors (Lipinski definition) is 8. The lowest BCUT2D eigenvalue weighted by molar-refractivity contribution is 0.0991. The molecule has 3 rings (SSSR count). The second-order valence-electron chi connectivity index (χ2n) is 4.87. The van der Waals surface area contributed by atoms with Crippen molar-refractivity contribution in [3.8, 4) is 11.5 Å². The maximum Gasteiger partial charge on any atom is 0.274 e. The van der Waals surface area contributed by atoms with Crippen LogP contribution in [0, 0.1) is 0 Å². The molecule has 2 N–H and O–H groups in total. The zero-order valence-electron chi connectivity index (χ0n) is 13.8. The van der Waals surface area contributed by atoms with Crippen molar-refractivity contribution in [2.24, 2.45) is 0 Å². The number of aromatic nitrogens is 6. The number of benzene rings is 1. The van der Waals surface area contributed by atoms with Gasteiger partial charge in [0.2, 0.25) is 0 Å². The minimum Gasteiger partial charge on any atom is -0.496 e. The summed E-state index contributed by atoms with van der Waals surface area (Å²) in [6.07, 6.45) is 5.29. The normalized spacial score (nSPS) is 10.2. The fourth-order valence-electron chi connectivity index (χ4n) is 2.12. The van der Waals surface area contributed by atoms with E-state index in [4.69, 9.17) is 9.47 Å². The number of methoxy groups -OCH3 is 2. The third kappa shape index (κ3) is 3.43. The molecule has 12 nitrogen and oxygen atoms in total. The van der Waals surface area contributed by atoms with Gasteiger partial charge >= 0.3 is 0 Å². The van der Waals surface area contributed by atoms with E-state index in [9.17, 15) is 9.59 Å². The van der Waals surface area contributed by atoms with Crippen molar-refractivity contribution in [1.29, 1.82) is 0 Å². The van der Waals surface area contributed by atoms with Gasteiger partial charge in [0, 0.05) is 0 Å². The number of ether oxygens (including phenoxy) is 2. The van der Waals surface area contributed by atoms with Gasteiger partial charge < -0.3 is 9.47 Å². The number of carbonyl (C=O) groups excluding carboxylic acids is 2. The van der Waals surface area contributed by atoms with E-state index >= 15 is 0 Å². The van der Waals surface area contributed by atoms with Crippen LogP contribution in [-0.4, -0.2) is 55.8 Å². The molecular weight excluding hydrogens is 344 g/mol. The van der Waals surface area contributed by atoms with Crippen molar-refractivity contribution < 1.29 is 19.1 Å². The molecule has 0 saturated heterocycles. The van der Waals surface area contributed by atoms with Crippen molar-refractivity contribution in [3.63, 3.8) is 0 Å². The number of nitrogens with zero attached hydrogens (tertiary/aromatic N) is 6. The van der Waals surface area contributed by atoms with Crippen LogP contribution in [0.15, 0.2) is 37.4 Å². The van der Waals surface area contributed by atoms with Crippen LogP contribution in [0.3, 0.4) is 0 Å². The lowest BCUT2D eigenvalue weighted by Gasteiger charge is -2.15. The highest BCUT2D eigenvalue weighted by Gasteiger charge is 2.21. The minimum atomic E-state index is -0.495. The Labute approximate surface area is 146 Å². The minimum absolute atomic E-state index is 0.166. The van der Waals surface area contributed by atoms with Gasteiger partial charge in [-0.3, -0.25) is 20.4 Å². The summed E-state index contributed by atoms with van der Waals surface area (Å²) in [5, 5.41) is 14.4. The Morgan fingerprint density at radius 2 is 1.12 bits per heavy atom. The van der Waals surface area contributed by atoms with Gasteiger partial charge in [-0.15, -0.1) is 20.4 Å². The van der Waals surface area contributed by atoms with E-state index in [-0.39, 0.29) is 22.6 Å². The van der Waals surface area contributed by atoms with Crippen molar-refractivity contribution in [1.82, 2.24) is 29.7 Å². The third-order valence-corrected chi connectivity index (χ3v) is 3.31. The maximum absolute atomic E-state index is 12.5. The van der Waals surface area contributed by atoms with Crippen LogP contribution in [0.4, 0.5) is 0 Å². The molecular formula is C14H14N8O4. The fourth-order valence-corrected chi connectivity index (χ4v) is 2.12. The first-order chi connectivity index (χ1) is 12.6. The summed E-state index contributed by atoms with van der Waals surface area (Å²) < 4.78 is 13.0. The second kappa shape index (κ2) is 7.29. The summed E-state index contributed by atoms with van der Waals surface area (Å²) in [6, 6.07) is 2.80. The van der Waals surface area contributed by atoms with Crippen LogP contribution in [0.2, 0.25) is 0 Å². The average Bonchev–Trinajstić information content (AvgIpc) is 3.34. The van der Waals surface area contributed by atoms with E-state index in [1.165, 1.54) is 61.0 Å². The molecule has 0 aliphatic carbocycles. The van der Waals surface area contributed by atoms with E-state index in [1.807, 2.05) is 0 Å². The standard InChI is InChI=1S/C14H14N8O4/c1-25-11-3-10(14(24)20-22-7-17-18-8-22)12(26-2)4-9(11)13(23)19-21-5-15-16-6-21/h3-8H,1-2H3,(H,19,23)(H,20,24). The number of amides is 2. The molecule has 134 valence electrons. The Morgan fingerprint density at radius 3 is 1.42 bits per heavy atom. The molecule has 0 unspecified atom stereocenters. The van der Waals surface area contributed by atoms with Crippen molar-refractivity contribution >= 4 is 11.8 Å². The molecule has 26 heavy (non-hydrogen) atoms. The van der Waals surface area contributed by atoms with Crippen LogP contribution in [0.25, 0.3) is 0 Å². The van der Waals surface area contributed by atoms with Gasteiger partial charge in [-0.25, -0.2) is 9.35 Å². The van der Waals surface area contributed by atoms with Crippen molar-refractivity contribution in [2.45, 2.75) is 0 Å². The van der Waals surface area contributed by atoms with Crippen LogP contribution >= 0.6 is 0 Å². The first-order valence-electron chi connectivity index (χ1n) is 7.20. The Bertz CT molecular complexity index is 831. The Balaban J connectivity index is 1.92. The zero-order valence-corrected chi connectivity index (χ0v) is 13.8. The highest BCUT2D eigenvalue weighted by atomic mass is 16.5. The second-order valence-corrected chi connectivity index (χ2v) is 4.87. The first-order valence-corrected chi connectivity index (χ1v) is 7.20. The number of carbonyl (C=O) groups is 2. The van der Waals surface area contributed by atoms with E-state index < -0.39 is 11.8 Å². The molecule has 3 aromatic rings. The number of nitrogens with one attached hydrogen (secondary N) is 2. The highest BCUT2D eigenvalue weighted by Crippen LogP contribution is 2.29. The van der Waals surface area contributed by atoms with Gasteiger partial charge in [-0.05, 0) is 12.1 Å². The highest BCUT2D eigenvalue weighted by molar-refractivity contribution is 6.07. The molecule has 0 fully saturated rings. The van der Waals surface area contributed by atoms with Crippen LogP contribution < -0.4 is 20.3 Å². The largest absolute Gasteiger partial charge is 0.496 e. The van der Waals surface area contributed by atoms with E-state index in [0.29, 0.717) is 0 Å². The van der Waals surface area contributed by atoms with E-state index in [2.05, 4.69) is 31.2 Å². The molecule has 0 aliphatic heterocycles. The maximum atomic E-state index is 12.5. The lowest BCUT2D eigenvalue weighted by Crippen LogP contribution is -2.24. The zero-order chi connectivity index (χ0) is 18.5. The average molecular weight is 358 g/mol. The molecule has 2 amide bonds. The van der Waals surface area contributed by atoms with E-state index in [1.54, 1.807) is 0 Å². The molecule has 2 heterocycles. The van der Waals surface area contributed by atoms with E-state index in [0.717, 1.165) is 0 Å². The van der Waals surface area contributed by atoms with Gasteiger partial charge in [0.15, 0.2) is 0 Å². The Kier molecular flexibility index (Phi) is 4.74. The van der Waals surface area contributed by atoms with Crippen LogP contribution in [-0.2, 0) is 0 Å². The molecule has 2 aromatic heterocycles. The van der Waals surface area contributed by atoms with Crippen molar-refractivity contribution in [3.05, 3.63) is 48.6 Å². The van der Waals surface area contributed by atoms with Gasteiger partial charge in [-0.2, -0.15) is 0 Å². The number of hydrogen-bond donors (Lipinski definition) is 2. The summed E-state index contributed by atoms with van der Waals surface area (Å²) in [7, 11) is 2.78. The summed E-state index contributed by atoms with van der Waals surface area (Å²) in [5.41, 5.74) is 5.42. The molecule has 0 aliphatic rings. The molecule has 0 radical (unpaired) electrons. The molecule has 0 spiro atoms. The number of rotatable bonds is 6. The quantitative estimate of drug-likeness (QED) is 0.610. The topological polar surface area (TPSA) is 138 Å². The van der Waals surface area contributed by atoms with Gasteiger partial charge in [0.25, 0.3) is 11.8 Å². The van der Waals surface area contributed by atoms with Gasteiger partial charge in [0.1, 0.15) is 36.8 Å². The van der Waals surface area contributed by atoms with Gasteiger partial charge in [-0.1, -0.05) is 0 Å². The molecule has 1 aromatic carbocycles. The fraction of sp³-hybridized carbons (Fsp3) is 0.143. The smallest absolute Gasteiger partial charge is 0.274 e. The molecule has 0 bridgehead atoms. The Hall–Kier alpha value is -3.96. The third-order valence-electron chi connectivity index (χ3n) is 3.31. The molecule has 12 heteroatoms. The molecule has 0 saturated carbocycles. The predicted molar refractivity (Wildman–Crippen MR) is 87.0 cm³/mol.